The Morgan fingerprint density at radius 1 is 1.11 bits per heavy atom. The molecule has 1 aromatic carbocycles. The van der Waals surface area contributed by atoms with Crippen LogP contribution >= 0.6 is 22.9 Å². The predicted octanol–water partition coefficient (Wildman–Crippen LogP) is 6.03. The Labute approximate surface area is 328 Å². The van der Waals surface area contributed by atoms with E-state index < -0.39 is 47.6 Å². The number of nitrogens with zero attached hydrogens (tertiary/aromatic N) is 3. The van der Waals surface area contributed by atoms with Gasteiger partial charge in [0.2, 0.25) is 11.8 Å². The van der Waals surface area contributed by atoms with Crippen LogP contribution in [0.25, 0.3) is 22.3 Å². The lowest BCUT2D eigenvalue weighted by Gasteiger charge is -2.29. The third-order valence-corrected chi connectivity index (χ3v) is 12.3. The maximum Gasteiger partial charge on any atom is 0.408 e. The second-order valence-electron chi connectivity index (χ2n) is 15.6. The van der Waals surface area contributed by atoms with Crippen LogP contribution in [-0.2, 0) is 19.1 Å². The monoisotopic (exact) mass is 794 g/mol. The van der Waals surface area contributed by atoms with Crippen LogP contribution in [0.5, 0.6) is 11.5 Å². The number of thiazole rings is 1. The highest BCUT2D eigenvalue weighted by molar-refractivity contribution is 7.20. The summed E-state index contributed by atoms with van der Waals surface area (Å²) in [5.74, 6) is -0.381. The average molecular weight is 795 g/mol. The van der Waals surface area contributed by atoms with Crippen LogP contribution in [0, 0.1) is 17.8 Å². The molecule has 0 spiro atoms. The second kappa shape index (κ2) is 15.1. The van der Waals surface area contributed by atoms with Crippen molar-refractivity contribution in [1.82, 2.24) is 25.5 Å². The minimum atomic E-state index is -1.41. The molecule has 2 unspecified atom stereocenters. The number of aromatic nitrogens is 2. The van der Waals surface area contributed by atoms with Crippen molar-refractivity contribution >= 4 is 62.8 Å². The van der Waals surface area contributed by atoms with Crippen LogP contribution in [0.2, 0.25) is 4.34 Å². The van der Waals surface area contributed by atoms with Gasteiger partial charge in [0.1, 0.15) is 51.4 Å². The van der Waals surface area contributed by atoms with Crippen LogP contribution in [0.4, 0.5) is 9.93 Å². The summed E-state index contributed by atoms with van der Waals surface area (Å²) in [6.07, 6.45) is 2.02. The SMILES string of the molecule is C=C(C)C(NC(=O)OC1C[C@@H]2C[C@@H]2C1)C(=O)N1C[C@H](Oc2cc(-c3nc(NC(C)C)sc3Cl)nc3cc(OC)ccc23)C[C@H]1C(=O)N[C@]1(C(=O)O)C[C@H]1CC. The molecule has 3 aliphatic carbocycles. The molecule has 3 amide bonds. The van der Waals surface area contributed by atoms with Crippen molar-refractivity contribution in [1.29, 1.82) is 0 Å². The molecule has 4 fully saturated rings. The van der Waals surface area contributed by atoms with Gasteiger partial charge < -0.3 is 40.2 Å². The molecule has 16 heteroatoms. The fourth-order valence-electron chi connectivity index (χ4n) is 8.06. The number of hydrogen-bond donors (Lipinski definition) is 4. The summed E-state index contributed by atoms with van der Waals surface area (Å²) >= 11 is 7.98. The number of nitrogens with one attached hydrogen (secondary N) is 3. The summed E-state index contributed by atoms with van der Waals surface area (Å²) in [7, 11) is 1.56. The van der Waals surface area contributed by atoms with Gasteiger partial charge >= 0.3 is 12.1 Å². The van der Waals surface area contributed by atoms with E-state index in [-0.39, 0.29) is 31.0 Å². The number of carboxylic acid groups (broad SMARTS) is 1. The van der Waals surface area contributed by atoms with Gasteiger partial charge in [0.15, 0.2) is 5.13 Å². The largest absolute Gasteiger partial charge is 0.497 e. The average Bonchev–Trinajstić information content (AvgIpc) is 3.86. The number of hydrogen-bond acceptors (Lipinski definition) is 11. The van der Waals surface area contributed by atoms with E-state index in [1.165, 1.54) is 16.2 Å². The van der Waals surface area contributed by atoms with Gasteiger partial charge in [-0.2, -0.15) is 0 Å². The Hall–Kier alpha value is -4.63. The first-order valence-corrected chi connectivity index (χ1v) is 20.0. The number of aliphatic carboxylic acids is 1. The normalized spacial score (nSPS) is 26.9. The van der Waals surface area contributed by atoms with Crippen molar-refractivity contribution < 1.29 is 38.5 Å². The molecule has 294 valence electrons. The fourth-order valence-corrected chi connectivity index (χ4v) is 9.27. The van der Waals surface area contributed by atoms with Crippen molar-refractivity contribution in [3.8, 4) is 22.9 Å². The molecule has 1 saturated heterocycles. The molecule has 0 bridgehead atoms. The number of ether oxygens (including phenoxy) is 3. The smallest absolute Gasteiger partial charge is 0.408 e. The van der Waals surface area contributed by atoms with E-state index in [0.29, 0.717) is 73.5 Å². The van der Waals surface area contributed by atoms with Gasteiger partial charge in [0.25, 0.3) is 0 Å². The van der Waals surface area contributed by atoms with Crippen LogP contribution in [0.3, 0.4) is 0 Å². The standard InChI is InChI=1S/C39H47ClN6O8S/c1-7-22-16-39(22,36(49)50)45-34(47)29-14-25(17-46(29)35(48)31(18(2)3)44-38(51)54-24-11-20-10-21(20)12-24)53-30-15-28(32-33(40)55-37(43-32)41-19(4)5)42-27-13-23(52-6)8-9-26(27)30/h8-9,13,15,19-22,24-25,29,31H,2,7,10-12,14,16-17H2,1,3-6H3,(H,41,43)(H,44,51)(H,45,47)(H,49,50)/t20-,21+,22-,24?,25-,29+,31?,39-/m1/s1. The molecular weight excluding hydrogens is 748 g/mol. The minimum absolute atomic E-state index is 0.0392. The highest BCUT2D eigenvalue weighted by Crippen LogP contribution is 2.52. The van der Waals surface area contributed by atoms with Crippen LogP contribution in [0.15, 0.2) is 36.4 Å². The zero-order chi connectivity index (χ0) is 39.3. The molecule has 0 radical (unpaired) electrons. The van der Waals surface area contributed by atoms with Crippen LogP contribution in [-0.4, -0.2) is 93.4 Å². The summed E-state index contributed by atoms with van der Waals surface area (Å²) in [6.45, 7) is 11.4. The number of fused-ring (bicyclic) bond motifs is 2. The van der Waals surface area contributed by atoms with E-state index in [9.17, 15) is 24.3 Å². The Kier molecular flexibility index (Phi) is 10.6. The highest BCUT2D eigenvalue weighted by Gasteiger charge is 2.61. The molecule has 3 heterocycles. The van der Waals surface area contributed by atoms with E-state index in [1.807, 2.05) is 26.8 Å². The number of anilines is 1. The number of amides is 3. The Morgan fingerprint density at radius 3 is 2.49 bits per heavy atom. The number of carbonyl (C=O) groups excluding carboxylic acids is 3. The topological polar surface area (TPSA) is 181 Å². The maximum atomic E-state index is 14.4. The van der Waals surface area contributed by atoms with Crippen molar-refractivity contribution in [3.63, 3.8) is 0 Å². The van der Waals surface area contributed by atoms with E-state index in [4.69, 9.17) is 35.8 Å². The summed E-state index contributed by atoms with van der Waals surface area (Å²) in [5, 5.41) is 20.1. The highest BCUT2D eigenvalue weighted by atomic mass is 35.5. The van der Waals surface area contributed by atoms with Gasteiger partial charge in [-0.05, 0) is 81.9 Å². The summed E-state index contributed by atoms with van der Waals surface area (Å²) in [6, 6.07) is 4.90. The molecule has 3 aromatic rings. The number of halogens is 1. The Bertz CT molecular complexity index is 2030. The Balaban J connectivity index is 1.18. The zero-order valence-corrected chi connectivity index (χ0v) is 33.1. The first kappa shape index (κ1) is 38.6. The molecule has 4 aliphatic rings. The predicted molar refractivity (Wildman–Crippen MR) is 207 cm³/mol. The summed E-state index contributed by atoms with van der Waals surface area (Å²) < 4.78 is 18.2. The quantitative estimate of drug-likeness (QED) is 0.140. The zero-order valence-electron chi connectivity index (χ0n) is 31.5. The summed E-state index contributed by atoms with van der Waals surface area (Å²) in [4.78, 5) is 64.8. The van der Waals surface area contributed by atoms with E-state index in [0.717, 1.165) is 19.3 Å². The first-order valence-electron chi connectivity index (χ1n) is 18.8. The molecule has 8 atom stereocenters. The number of carboxylic acids is 1. The lowest BCUT2D eigenvalue weighted by Crippen LogP contribution is -2.56. The fraction of sp³-hybridized carbons (Fsp3) is 0.538. The molecule has 3 saturated carbocycles. The maximum absolute atomic E-state index is 14.4. The molecule has 2 aromatic heterocycles. The van der Waals surface area contributed by atoms with Crippen LogP contribution in [0.1, 0.15) is 66.2 Å². The number of alkyl carbamates (subject to hydrolysis) is 1. The third kappa shape index (κ3) is 7.91. The van der Waals surface area contributed by atoms with Gasteiger partial charge in [0, 0.05) is 30.0 Å². The van der Waals surface area contributed by atoms with Gasteiger partial charge in [0.05, 0.1) is 24.9 Å². The number of pyridine rings is 1. The molecule has 7 rings (SSSR count). The van der Waals surface area contributed by atoms with Crippen molar-refractivity contribution in [2.75, 3.05) is 19.0 Å². The molecular formula is C39H47ClN6O8S. The molecule has 4 N–H and O–H groups in total. The van der Waals surface area contributed by atoms with Crippen molar-refractivity contribution in [2.24, 2.45) is 17.8 Å². The van der Waals surface area contributed by atoms with Gasteiger partial charge in [-0.15, -0.1) is 0 Å². The first-order chi connectivity index (χ1) is 26.2. The van der Waals surface area contributed by atoms with Crippen molar-refractivity contribution in [2.45, 2.75) is 102 Å². The minimum Gasteiger partial charge on any atom is -0.497 e. The van der Waals surface area contributed by atoms with E-state index >= 15 is 0 Å². The lowest BCUT2D eigenvalue weighted by molar-refractivity contribution is -0.145. The van der Waals surface area contributed by atoms with Crippen LogP contribution < -0.4 is 25.4 Å². The van der Waals surface area contributed by atoms with Crippen molar-refractivity contribution in [3.05, 3.63) is 40.8 Å². The number of likely N-dealkylation sites (tertiary alicyclic amines) is 1. The number of rotatable bonds is 14. The summed E-state index contributed by atoms with van der Waals surface area (Å²) in [5.41, 5.74) is 0.377. The van der Waals surface area contributed by atoms with Gasteiger partial charge in [-0.1, -0.05) is 42.9 Å². The lowest BCUT2D eigenvalue weighted by atomic mass is 10.1. The van der Waals surface area contributed by atoms with Gasteiger partial charge in [-0.3, -0.25) is 9.59 Å². The van der Waals surface area contributed by atoms with Gasteiger partial charge in [-0.25, -0.2) is 19.6 Å². The number of benzene rings is 1. The molecule has 14 nitrogen and oxygen atoms in total. The third-order valence-electron chi connectivity index (χ3n) is 11.2. The molecule has 55 heavy (non-hydrogen) atoms. The molecule has 1 aliphatic heterocycles. The number of methoxy groups -OCH3 is 1. The Morgan fingerprint density at radius 2 is 1.85 bits per heavy atom. The van der Waals surface area contributed by atoms with E-state index in [1.54, 1.807) is 32.2 Å². The van der Waals surface area contributed by atoms with E-state index in [2.05, 4.69) is 22.5 Å². The second-order valence-corrected chi connectivity index (χ2v) is 17.2. The number of carbonyl (C=O) groups is 4.